The Morgan fingerprint density at radius 2 is 2.04 bits per heavy atom. The van der Waals surface area contributed by atoms with Gasteiger partial charge >= 0.3 is 0 Å². The van der Waals surface area contributed by atoms with Crippen LogP contribution in [0.1, 0.15) is 12.6 Å². The predicted octanol–water partition coefficient (Wildman–Crippen LogP) is 2.73. The molecule has 5 nitrogen and oxygen atoms in total. The maximum Gasteiger partial charge on any atom is 0.272 e. The van der Waals surface area contributed by atoms with Gasteiger partial charge < -0.3 is 9.47 Å². The molecule has 126 valence electrons. The van der Waals surface area contributed by atoms with E-state index in [2.05, 4.69) is 6.92 Å². The highest BCUT2D eigenvalue weighted by Gasteiger charge is 2.27. The zero-order chi connectivity index (χ0) is 16.5. The topological polar surface area (TPSA) is 53.4 Å². The second kappa shape index (κ2) is 6.92. The number of hydrogen-bond acceptors (Lipinski definition) is 6. The van der Waals surface area contributed by atoms with E-state index >= 15 is 0 Å². The number of thioether (sulfide) groups is 2. The molecule has 2 aliphatic rings. The van der Waals surface area contributed by atoms with Gasteiger partial charge in [0.25, 0.3) is 5.56 Å². The van der Waals surface area contributed by atoms with Crippen LogP contribution in [0, 0.1) is 0 Å². The monoisotopic (exact) mass is 362 g/mol. The summed E-state index contributed by atoms with van der Waals surface area (Å²) < 4.78 is 12.7. The van der Waals surface area contributed by atoms with Crippen molar-refractivity contribution < 1.29 is 9.47 Å². The number of ether oxygens (including phenoxy) is 2. The summed E-state index contributed by atoms with van der Waals surface area (Å²) in [7, 11) is 0. The number of rotatable bonds is 4. The van der Waals surface area contributed by atoms with Crippen LogP contribution in [0.25, 0.3) is 5.69 Å². The summed E-state index contributed by atoms with van der Waals surface area (Å²) in [6.07, 6.45) is 0.618. The Morgan fingerprint density at radius 1 is 1.29 bits per heavy atom. The highest BCUT2D eigenvalue weighted by atomic mass is 32.2. The molecular formula is C17H18N2O3S2. The summed E-state index contributed by atoms with van der Waals surface area (Å²) in [5, 5.41) is 1.10. The summed E-state index contributed by atoms with van der Waals surface area (Å²) in [6.45, 7) is 3.39. The molecule has 0 radical (unpaired) electrons. The fraction of sp³-hybridized carbons (Fsp3) is 0.412. The van der Waals surface area contributed by atoms with Gasteiger partial charge in [-0.1, -0.05) is 36.9 Å². The van der Waals surface area contributed by atoms with Gasteiger partial charge in [0.2, 0.25) is 0 Å². The SMILES string of the molecule is CC1Cc2nc(SCC3OCCO3)n(-c3ccccc3)c(=O)c2S1. The lowest BCUT2D eigenvalue weighted by Crippen LogP contribution is -2.24. The highest BCUT2D eigenvalue weighted by Crippen LogP contribution is 2.35. The molecule has 2 aliphatic heterocycles. The maximum absolute atomic E-state index is 13.1. The van der Waals surface area contributed by atoms with Crippen LogP contribution in [0.5, 0.6) is 0 Å². The molecule has 0 saturated carbocycles. The van der Waals surface area contributed by atoms with Crippen LogP contribution in [-0.4, -0.2) is 40.1 Å². The van der Waals surface area contributed by atoms with E-state index in [1.54, 1.807) is 16.3 Å². The lowest BCUT2D eigenvalue weighted by atomic mass is 10.2. The normalized spacial score (nSPS) is 20.5. The third-order valence-electron chi connectivity index (χ3n) is 3.93. The number of para-hydroxylation sites is 1. The molecule has 1 atom stereocenters. The van der Waals surface area contributed by atoms with Crippen LogP contribution in [0.3, 0.4) is 0 Å². The Labute approximate surface area is 148 Å². The van der Waals surface area contributed by atoms with Gasteiger partial charge in [0.05, 0.1) is 35.2 Å². The molecule has 1 saturated heterocycles. The Bertz CT molecular complexity index is 788. The fourth-order valence-corrected chi connectivity index (χ4v) is 4.92. The van der Waals surface area contributed by atoms with E-state index in [1.165, 1.54) is 11.8 Å². The highest BCUT2D eigenvalue weighted by molar-refractivity contribution is 8.00. The van der Waals surface area contributed by atoms with Gasteiger partial charge in [0.15, 0.2) is 11.4 Å². The van der Waals surface area contributed by atoms with Crippen molar-refractivity contribution in [2.24, 2.45) is 0 Å². The van der Waals surface area contributed by atoms with Crippen molar-refractivity contribution in [1.82, 2.24) is 9.55 Å². The number of nitrogens with zero attached hydrogens (tertiary/aromatic N) is 2. The van der Waals surface area contributed by atoms with E-state index < -0.39 is 0 Å². The Hall–Kier alpha value is -1.28. The summed E-state index contributed by atoms with van der Waals surface area (Å²) in [5.41, 5.74) is 1.78. The summed E-state index contributed by atoms with van der Waals surface area (Å²) in [5.74, 6) is 0.626. The molecule has 0 aliphatic carbocycles. The first-order chi connectivity index (χ1) is 11.7. The van der Waals surface area contributed by atoms with Gasteiger partial charge in [0.1, 0.15) is 0 Å². The van der Waals surface area contributed by atoms with E-state index in [0.717, 1.165) is 22.7 Å². The van der Waals surface area contributed by atoms with Crippen molar-refractivity contribution in [3.63, 3.8) is 0 Å². The third kappa shape index (κ3) is 3.13. The second-order valence-corrected chi connectivity index (χ2v) is 8.20. The molecule has 1 unspecified atom stereocenters. The first-order valence-electron chi connectivity index (χ1n) is 7.96. The van der Waals surface area contributed by atoms with Crippen molar-refractivity contribution >= 4 is 23.5 Å². The quantitative estimate of drug-likeness (QED) is 0.616. The van der Waals surface area contributed by atoms with Crippen LogP contribution < -0.4 is 5.56 Å². The second-order valence-electron chi connectivity index (χ2n) is 5.76. The van der Waals surface area contributed by atoms with E-state index in [-0.39, 0.29) is 11.8 Å². The van der Waals surface area contributed by atoms with Crippen LogP contribution in [-0.2, 0) is 15.9 Å². The first kappa shape index (κ1) is 16.2. The van der Waals surface area contributed by atoms with Crippen molar-refractivity contribution in [2.45, 2.75) is 34.9 Å². The Balaban J connectivity index is 1.74. The zero-order valence-corrected chi connectivity index (χ0v) is 14.9. The van der Waals surface area contributed by atoms with Crippen LogP contribution >= 0.6 is 23.5 Å². The summed E-state index contributed by atoms with van der Waals surface area (Å²) >= 11 is 3.14. The third-order valence-corrected chi connectivity index (χ3v) is 6.12. The predicted molar refractivity (Wildman–Crippen MR) is 95.3 cm³/mol. The van der Waals surface area contributed by atoms with Crippen molar-refractivity contribution in [2.75, 3.05) is 19.0 Å². The molecule has 24 heavy (non-hydrogen) atoms. The average molecular weight is 362 g/mol. The van der Waals surface area contributed by atoms with E-state index in [0.29, 0.717) is 29.4 Å². The molecule has 1 aromatic heterocycles. The molecule has 1 aromatic carbocycles. The molecule has 0 N–H and O–H groups in total. The standard InChI is InChI=1S/C17H18N2O3S2/c1-11-9-13-15(24-11)16(20)19(12-5-3-2-4-6-12)17(18-13)23-10-14-21-7-8-22-14/h2-6,11,14H,7-10H2,1H3. The van der Waals surface area contributed by atoms with E-state index in [4.69, 9.17) is 14.5 Å². The van der Waals surface area contributed by atoms with Gasteiger partial charge in [-0.05, 0) is 12.1 Å². The summed E-state index contributed by atoms with van der Waals surface area (Å²) in [4.78, 5) is 18.6. The van der Waals surface area contributed by atoms with Gasteiger partial charge in [-0.15, -0.1) is 11.8 Å². The zero-order valence-electron chi connectivity index (χ0n) is 13.3. The fourth-order valence-electron chi connectivity index (χ4n) is 2.85. The lowest BCUT2D eigenvalue weighted by molar-refractivity contribution is -0.0215. The van der Waals surface area contributed by atoms with Gasteiger partial charge in [-0.25, -0.2) is 4.98 Å². The molecular weight excluding hydrogens is 344 g/mol. The van der Waals surface area contributed by atoms with Gasteiger partial charge in [-0.2, -0.15) is 0 Å². The van der Waals surface area contributed by atoms with Crippen molar-refractivity contribution in [1.29, 1.82) is 0 Å². The molecule has 0 spiro atoms. The molecule has 0 bridgehead atoms. The van der Waals surface area contributed by atoms with Crippen molar-refractivity contribution in [3.05, 3.63) is 46.4 Å². The van der Waals surface area contributed by atoms with Crippen LogP contribution in [0.4, 0.5) is 0 Å². The van der Waals surface area contributed by atoms with Gasteiger partial charge in [0, 0.05) is 11.7 Å². The minimum atomic E-state index is -0.224. The molecule has 0 amide bonds. The molecule has 1 fully saturated rings. The molecule has 3 heterocycles. The molecule has 4 rings (SSSR count). The smallest absolute Gasteiger partial charge is 0.272 e. The van der Waals surface area contributed by atoms with Crippen LogP contribution in [0.2, 0.25) is 0 Å². The van der Waals surface area contributed by atoms with Crippen LogP contribution in [0.15, 0.2) is 45.2 Å². The van der Waals surface area contributed by atoms with Crippen molar-refractivity contribution in [3.8, 4) is 5.69 Å². The first-order valence-corrected chi connectivity index (χ1v) is 9.83. The largest absolute Gasteiger partial charge is 0.349 e. The average Bonchev–Trinajstić information content (AvgIpc) is 3.23. The minimum Gasteiger partial charge on any atom is -0.349 e. The summed E-state index contributed by atoms with van der Waals surface area (Å²) in [6, 6.07) is 9.68. The Morgan fingerprint density at radius 3 is 2.79 bits per heavy atom. The molecule has 2 aromatic rings. The number of benzene rings is 1. The number of aromatic nitrogens is 2. The van der Waals surface area contributed by atoms with E-state index in [9.17, 15) is 4.79 Å². The van der Waals surface area contributed by atoms with Gasteiger partial charge in [-0.3, -0.25) is 9.36 Å². The number of fused-ring (bicyclic) bond motifs is 1. The minimum absolute atomic E-state index is 0.0244. The number of hydrogen-bond donors (Lipinski definition) is 0. The lowest BCUT2D eigenvalue weighted by Gasteiger charge is -2.15. The molecule has 7 heteroatoms. The maximum atomic E-state index is 13.1. The van der Waals surface area contributed by atoms with E-state index in [1.807, 2.05) is 30.3 Å². The Kier molecular flexibility index (Phi) is 4.67.